The van der Waals surface area contributed by atoms with Crippen molar-refractivity contribution in [1.29, 1.82) is 0 Å². The van der Waals surface area contributed by atoms with E-state index in [9.17, 15) is 18.3 Å². The first kappa shape index (κ1) is 25.0. The molecule has 3 atom stereocenters. The molecule has 10 nitrogen and oxygen atoms in total. The van der Waals surface area contributed by atoms with Crippen molar-refractivity contribution in [2.24, 2.45) is 13.0 Å². The number of fused-ring (bicyclic) bond motifs is 1. The van der Waals surface area contributed by atoms with Crippen molar-refractivity contribution in [2.75, 3.05) is 45.7 Å². The van der Waals surface area contributed by atoms with Crippen LogP contribution in [0.15, 0.2) is 35.7 Å². The number of ether oxygens (including phenoxy) is 1. The van der Waals surface area contributed by atoms with Crippen molar-refractivity contribution < 1.29 is 23.1 Å². The standard InChI is InChI=1S/C22H33N5O5S/c1-15-10-27(16(2)13-28)22(29)18-9-17(24(3)4)7-8-19(18)32-20(15)11-26(6)33(30,31)21-12-25(5)14-23-21/h7-9,12,14-16,20,28H,10-11,13H2,1-6H3/t15-,16+,20+/m1/s1. The first-order valence-electron chi connectivity index (χ1n) is 10.8. The first-order chi connectivity index (χ1) is 15.4. The number of carbonyl (C=O) groups excluding carboxylic acids is 1. The molecule has 0 saturated carbocycles. The molecule has 2 aromatic rings. The molecule has 0 fully saturated rings. The van der Waals surface area contributed by atoms with Gasteiger partial charge >= 0.3 is 0 Å². The van der Waals surface area contributed by atoms with E-state index in [2.05, 4.69) is 4.98 Å². The minimum Gasteiger partial charge on any atom is -0.488 e. The van der Waals surface area contributed by atoms with Crippen LogP contribution in [0.2, 0.25) is 0 Å². The molecule has 1 aromatic heterocycles. The number of likely N-dealkylation sites (N-methyl/N-ethyl adjacent to an activating group) is 1. The zero-order chi connectivity index (χ0) is 24.5. The highest BCUT2D eigenvalue weighted by atomic mass is 32.2. The second-order valence-electron chi connectivity index (χ2n) is 8.86. The average molecular weight is 480 g/mol. The molecule has 1 aliphatic heterocycles. The molecule has 1 N–H and O–H groups in total. The monoisotopic (exact) mass is 479 g/mol. The zero-order valence-electron chi connectivity index (χ0n) is 20.0. The van der Waals surface area contributed by atoms with Crippen LogP contribution in [0.25, 0.3) is 0 Å². The summed E-state index contributed by atoms with van der Waals surface area (Å²) in [5.41, 5.74) is 1.22. The second-order valence-corrected chi connectivity index (χ2v) is 10.9. The predicted octanol–water partition coefficient (Wildman–Crippen LogP) is 1.03. The van der Waals surface area contributed by atoms with Crippen LogP contribution in [0, 0.1) is 5.92 Å². The lowest BCUT2D eigenvalue weighted by Crippen LogP contribution is -2.50. The van der Waals surface area contributed by atoms with E-state index in [1.54, 1.807) is 35.6 Å². The van der Waals surface area contributed by atoms with Crippen LogP contribution in [0.4, 0.5) is 5.69 Å². The van der Waals surface area contributed by atoms with Gasteiger partial charge in [-0.2, -0.15) is 4.31 Å². The summed E-state index contributed by atoms with van der Waals surface area (Å²) in [5.74, 6) is -0.0399. The highest BCUT2D eigenvalue weighted by molar-refractivity contribution is 7.89. The van der Waals surface area contributed by atoms with E-state index in [1.807, 2.05) is 32.0 Å². The lowest BCUT2D eigenvalue weighted by atomic mass is 9.99. The number of sulfonamides is 1. The van der Waals surface area contributed by atoms with Crippen molar-refractivity contribution in [3.05, 3.63) is 36.3 Å². The summed E-state index contributed by atoms with van der Waals surface area (Å²) in [5, 5.41) is 9.73. The van der Waals surface area contributed by atoms with E-state index in [0.29, 0.717) is 17.9 Å². The maximum Gasteiger partial charge on any atom is 0.261 e. The number of rotatable bonds is 7. The van der Waals surface area contributed by atoms with Gasteiger partial charge in [0.15, 0.2) is 5.03 Å². The van der Waals surface area contributed by atoms with Crippen molar-refractivity contribution in [2.45, 2.75) is 31.0 Å². The van der Waals surface area contributed by atoms with Gasteiger partial charge < -0.3 is 24.2 Å². The van der Waals surface area contributed by atoms with Gasteiger partial charge in [-0.3, -0.25) is 4.79 Å². The molecule has 1 amide bonds. The molecule has 2 heterocycles. The minimum absolute atomic E-state index is 0.0345. The van der Waals surface area contributed by atoms with Gasteiger partial charge in [-0.1, -0.05) is 6.92 Å². The molecule has 1 aliphatic rings. The smallest absolute Gasteiger partial charge is 0.261 e. The molecule has 0 unspecified atom stereocenters. The number of amides is 1. The molecule has 33 heavy (non-hydrogen) atoms. The Balaban J connectivity index is 1.98. The van der Waals surface area contributed by atoms with Crippen LogP contribution in [-0.4, -0.2) is 91.2 Å². The summed E-state index contributed by atoms with van der Waals surface area (Å²) in [4.78, 5) is 20.9. The zero-order valence-corrected chi connectivity index (χ0v) is 20.8. The van der Waals surface area contributed by atoms with Crippen molar-refractivity contribution in [3.63, 3.8) is 0 Å². The fourth-order valence-corrected chi connectivity index (χ4v) is 4.88. The summed E-state index contributed by atoms with van der Waals surface area (Å²) in [6.45, 7) is 3.91. The Bertz CT molecular complexity index is 1100. The number of aliphatic hydroxyl groups is 1. The van der Waals surface area contributed by atoms with Crippen LogP contribution in [0.1, 0.15) is 24.2 Å². The van der Waals surface area contributed by atoms with Crippen LogP contribution in [0.5, 0.6) is 5.75 Å². The Morgan fingerprint density at radius 3 is 2.58 bits per heavy atom. The topological polar surface area (TPSA) is 108 Å². The van der Waals surface area contributed by atoms with E-state index in [4.69, 9.17) is 4.74 Å². The number of hydrogen-bond donors (Lipinski definition) is 1. The maximum atomic E-state index is 13.4. The summed E-state index contributed by atoms with van der Waals surface area (Å²) < 4.78 is 35.1. The van der Waals surface area contributed by atoms with Crippen molar-refractivity contribution in [3.8, 4) is 5.75 Å². The normalized spacial score (nSPS) is 20.1. The SMILES string of the molecule is C[C@@H]1CN([C@@H](C)CO)C(=O)c2cc(N(C)C)ccc2O[C@H]1CN(C)S(=O)(=O)c1cn(C)cn1. The maximum absolute atomic E-state index is 13.4. The van der Waals surface area contributed by atoms with Gasteiger partial charge in [-0.05, 0) is 25.1 Å². The van der Waals surface area contributed by atoms with E-state index in [1.165, 1.54) is 23.9 Å². The number of imidazole rings is 1. The van der Waals surface area contributed by atoms with Gasteiger partial charge in [0.2, 0.25) is 0 Å². The quantitative estimate of drug-likeness (QED) is 0.632. The number of nitrogens with zero attached hydrogens (tertiary/aromatic N) is 5. The third-order valence-electron chi connectivity index (χ3n) is 5.96. The summed E-state index contributed by atoms with van der Waals surface area (Å²) >= 11 is 0. The molecule has 0 saturated heterocycles. The van der Waals surface area contributed by atoms with Crippen LogP contribution in [-0.2, 0) is 17.1 Å². The minimum atomic E-state index is -3.81. The molecular weight excluding hydrogens is 446 g/mol. The molecule has 0 radical (unpaired) electrons. The van der Waals surface area contributed by atoms with Crippen LogP contribution >= 0.6 is 0 Å². The van der Waals surface area contributed by atoms with Crippen LogP contribution in [0.3, 0.4) is 0 Å². The Morgan fingerprint density at radius 2 is 2.00 bits per heavy atom. The number of anilines is 1. The van der Waals surface area contributed by atoms with E-state index < -0.39 is 22.2 Å². The van der Waals surface area contributed by atoms with E-state index in [0.717, 1.165) is 5.69 Å². The average Bonchev–Trinajstić information content (AvgIpc) is 3.22. The number of aryl methyl sites for hydroxylation is 1. The van der Waals surface area contributed by atoms with E-state index in [-0.39, 0.29) is 30.0 Å². The Kier molecular flexibility index (Phi) is 7.35. The first-order valence-corrected chi connectivity index (χ1v) is 12.2. The summed E-state index contributed by atoms with van der Waals surface area (Å²) in [7, 11) is 3.16. The lowest BCUT2D eigenvalue weighted by molar-refractivity contribution is 0.0387. The third-order valence-corrected chi connectivity index (χ3v) is 7.67. The number of benzene rings is 1. The van der Waals surface area contributed by atoms with Gasteiger partial charge in [0.05, 0.1) is 31.1 Å². The molecule has 0 aliphatic carbocycles. The highest BCUT2D eigenvalue weighted by Crippen LogP contribution is 2.31. The second kappa shape index (κ2) is 9.70. The fourth-order valence-electron chi connectivity index (χ4n) is 3.74. The third kappa shape index (κ3) is 5.15. The largest absolute Gasteiger partial charge is 0.488 e. The lowest BCUT2D eigenvalue weighted by Gasteiger charge is -2.38. The molecular formula is C22H33N5O5S. The fraction of sp³-hybridized carbons (Fsp3) is 0.545. The molecule has 3 rings (SSSR count). The number of aromatic nitrogens is 2. The van der Waals surface area contributed by atoms with E-state index >= 15 is 0 Å². The van der Waals surface area contributed by atoms with Gasteiger partial charge in [-0.25, -0.2) is 13.4 Å². The van der Waals surface area contributed by atoms with Crippen molar-refractivity contribution >= 4 is 21.6 Å². The highest BCUT2D eigenvalue weighted by Gasteiger charge is 2.35. The Hall–Kier alpha value is -2.63. The van der Waals surface area contributed by atoms with Gasteiger partial charge in [-0.15, -0.1) is 0 Å². The Morgan fingerprint density at radius 1 is 1.30 bits per heavy atom. The Labute approximate surface area is 195 Å². The molecule has 11 heteroatoms. The molecule has 0 spiro atoms. The van der Waals surface area contributed by atoms with Gasteiger partial charge in [0.1, 0.15) is 11.9 Å². The number of carbonyl (C=O) groups is 1. The molecule has 1 aromatic carbocycles. The predicted molar refractivity (Wildman–Crippen MR) is 125 cm³/mol. The molecule has 0 bridgehead atoms. The number of aliphatic hydroxyl groups excluding tert-OH is 1. The van der Waals surface area contributed by atoms with Gasteiger partial charge in [0, 0.05) is 52.5 Å². The van der Waals surface area contributed by atoms with Crippen molar-refractivity contribution in [1.82, 2.24) is 18.8 Å². The summed E-state index contributed by atoms with van der Waals surface area (Å²) in [6, 6.07) is 4.95. The van der Waals surface area contributed by atoms with Crippen LogP contribution < -0.4 is 9.64 Å². The summed E-state index contributed by atoms with van der Waals surface area (Å²) in [6.07, 6.45) is 2.36. The number of hydrogen-bond acceptors (Lipinski definition) is 7. The van der Waals surface area contributed by atoms with Gasteiger partial charge in [0.25, 0.3) is 15.9 Å². The molecule has 182 valence electrons.